The lowest BCUT2D eigenvalue weighted by atomic mass is 10.2. The lowest BCUT2D eigenvalue weighted by Crippen LogP contribution is -1.95. The molecule has 3 rings (SSSR count). The van der Waals surface area contributed by atoms with Crippen LogP contribution in [0.4, 0.5) is 0 Å². The van der Waals surface area contributed by atoms with Gasteiger partial charge in [-0.05, 0) is 55.9 Å². The van der Waals surface area contributed by atoms with Crippen molar-refractivity contribution >= 4 is 23.3 Å². The number of hydrogen-bond donors (Lipinski definition) is 1. The van der Waals surface area contributed by atoms with Crippen molar-refractivity contribution in [3.05, 3.63) is 52.8 Å². The van der Waals surface area contributed by atoms with E-state index in [9.17, 15) is 0 Å². The van der Waals surface area contributed by atoms with E-state index in [0.717, 1.165) is 22.5 Å². The molecular formula is C16H16N2OS. The van der Waals surface area contributed by atoms with Gasteiger partial charge in [0.15, 0.2) is 4.77 Å². The maximum atomic E-state index is 5.66. The minimum Gasteiger partial charge on any atom is -0.492 e. The van der Waals surface area contributed by atoms with Crippen LogP contribution in [-0.4, -0.2) is 16.2 Å². The van der Waals surface area contributed by atoms with Gasteiger partial charge in [0.25, 0.3) is 0 Å². The molecular weight excluding hydrogens is 268 g/mol. The number of imidazole rings is 1. The van der Waals surface area contributed by atoms with E-state index in [1.165, 1.54) is 5.56 Å². The number of benzene rings is 2. The molecule has 0 fully saturated rings. The fourth-order valence-electron chi connectivity index (χ4n) is 2.40. The monoisotopic (exact) mass is 284 g/mol. The molecule has 0 aliphatic rings. The Morgan fingerprint density at radius 1 is 1.20 bits per heavy atom. The Hall–Kier alpha value is -2.07. The Morgan fingerprint density at radius 3 is 2.75 bits per heavy atom. The van der Waals surface area contributed by atoms with Crippen LogP contribution in [0.5, 0.6) is 5.75 Å². The van der Waals surface area contributed by atoms with Gasteiger partial charge >= 0.3 is 0 Å². The van der Waals surface area contributed by atoms with E-state index in [2.05, 4.69) is 30.1 Å². The number of rotatable bonds is 3. The van der Waals surface area contributed by atoms with E-state index in [0.29, 0.717) is 11.4 Å². The van der Waals surface area contributed by atoms with E-state index < -0.39 is 0 Å². The molecule has 1 N–H and O–H groups in total. The van der Waals surface area contributed by atoms with E-state index in [1.807, 2.05) is 35.8 Å². The summed E-state index contributed by atoms with van der Waals surface area (Å²) in [5, 5.41) is 0. The lowest BCUT2D eigenvalue weighted by Gasteiger charge is -2.07. The molecule has 0 spiro atoms. The van der Waals surface area contributed by atoms with Gasteiger partial charge in [0.2, 0.25) is 0 Å². The van der Waals surface area contributed by atoms with Crippen LogP contribution in [0.25, 0.3) is 16.7 Å². The summed E-state index contributed by atoms with van der Waals surface area (Å²) in [4.78, 5) is 3.25. The molecule has 0 amide bonds. The first kappa shape index (κ1) is 12.9. The van der Waals surface area contributed by atoms with Crippen molar-refractivity contribution in [1.82, 2.24) is 9.55 Å². The van der Waals surface area contributed by atoms with Gasteiger partial charge < -0.3 is 9.72 Å². The number of nitrogens with one attached hydrogen (secondary N) is 1. The number of hydrogen-bond acceptors (Lipinski definition) is 2. The van der Waals surface area contributed by atoms with Gasteiger partial charge in [0, 0.05) is 5.69 Å². The second-order valence-electron chi connectivity index (χ2n) is 4.69. The number of aromatic nitrogens is 2. The third-order valence-electron chi connectivity index (χ3n) is 3.24. The smallest absolute Gasteiger partial charge is 0.182 e. The fourth-order valence-corrected chi connectivity index (χ4v) is 2.71. The summed E-state index contributed by atoms with van der Waals surface area (Å²) in [6.45, 7) is 4.69. The van der Waals surface area contributed by atoms with Crippen molar-refractivity contribution in [2.45, 2.75) is 13.8 Å². The summed E-state index contributed by atoms with van der Waals surface area (Å²) < 4.78 is 8.38. The van der Waals surface area contributed by atoms with Crippen LogP contribution in [0.1, 0.15) is 12.5 Å². The zero-order chi connectivity index (χ0) is 14.1. The van der Waals surface area contributed by atoms with E-state index in [4.69, 9.17) is 17.0 Å². The summed E-state index contributed by atoms with van der Waals surface area (Å²) in [6, 6.07) is 14.3. The van der Waals surface area contributed by atoms with Crippen LogP contribution in [0, 0.1) is 11.7 Å². The number of nitrogens with zero attached hydrogens (tertiary/aromatic N) is 1. The Labute approximate surface area is 122 Å². The number of aryl methyl sites for hydroxylation is 1. The lowest BCUT2D eigenvalue weighted by molar-refractivity contribution is 0.343. The summed E-state index contributed by atoms with van der Waals surface area (Å²) in [5.41, 5.74) is 4.25. The minimum absolute atomic E-state index is 0.634. The predicted octanol–water partition coefficient (Wildman–Crippen LogP) is 4.40. The first-order valence-electron chi connectivity index (χ1n) is 6.64. The molecule has 0 bridgehead atoms. The second kappa shape index (κ2) is 5.13. The normalized spacial score (nSPS) is 10.9. The molecule has 0 saturated carbocycles. The van der Waals surface area contributed by atoms with Gasteiger partial charge in [-0.25, -0.2) is 0 Å². The zero-order valence-electron chi connectivity index (χ0n) is 11.5. The molecule has 0 aliphatic heterocycles. The quantitative estimate of drug-likeness (QED) is 0.723. The summed E-state index contributed by atoms with van der Waals surface area (Å²) >= 11 is 5.47. The maximum Gasteiger partial charge on any atom is 0.182 e. The molecule has 102 valence electrons. The maximum absolute atomic E-state index is 5.66. The van der Waals surface area contributed by atoms with Crippen molar-refractivity contribution in [2.75, 3.05) is 6.61 Å². The van der Waals surface area contributed by atoms with Crippen molar-refractivity contribution in [2.24, 2.45) is 0 Å². The molecule has 4 heteroatoms. The van der Waals surface area contributed by atoms with Crippen LogP contribution < -0.4 is 4.74 Å². The standard InChI is InChI=1S/C16H16N2OS/c1-3-19-14-9-5-8-13-15(14)17-16(20)18(13)12-7-4-6-11(2)10-12/h4-10H,3H2,1-2H3,(H,17,20). The van der Waals surface area contributed by atoms with E-state index in [-0.39, 0.29) is 0 Å². The number of aromatic amines is 1. The molecule has 1 aromatic heterocycles. The molecule has 3 aromatic rings. The topological polar surface area (TPSA) is 29.9 Å². The molecule has 3 nitrogen and oxygen atoms in total. The average molecular weight is 284 g/mol. The molecule has 0 unspecified atom stereocenters. The van der Waals surface area contributed by atoms with Gasteiger partial charge in [-0.2, -0.15) is 0 Å². The SMILES string of the molecule is CCOc1cccc2c1[nH]c(=S)n2-c1cccc(C)c1. The third kappa shape index (κ3) is 2.12. The highest BCUT2D eigenvalue weighted by Gasteiger charge is 2.10. The Morgan fingerprint density at radius 2 is 2.00 bits per heavy atom. The number of H-pyrrole nitrogens is 1. The van der Waals surface area contributed by atoms with Crippen molar-refractivity contribution in [3.63, 3.8) is 0 Å². The summed E-state index contributed by atoms with van der Waals surface area (Å²) in [5.74, 6) is 0.836. The van der Waals surface area contributed by atoms with Crippen molar-refractivity contribution in [1.29, 1.82) is 0 Å². The predicted molar refractivity (Wildman–Crippen MR) is 84.4 cm³/mol. The van der Waals surface area contributed by atoms with E-state index >= 15 is 0 Å². The molecule has 1 heterocycles. The highest BCUT2D eigenvalue weighted by Crippen LogP contribution is 2.27. The first-order chi connectivity index (χ1) is 9.70. The molecule has 0 saturated heterocycles. The van der Waals surface area contributed by atoms with Crippen LogP contribution in [0.15, 0.2) is 42.5 Å². The van der Waals surface area contributed by atoms with Crippen molar-refractivity contribution < 1.29 is 4.74 Å². The van der Waals surface area contributed by atoms with Crippen LogP contribution in [-0.2, 0) is 0 Å². The molecule has 20 heavy (non-hydrogen) atoms. The number of ether oxygens (including phenoxy) is 1. The van der Waals surface area contributed by atoms with Crippen LogP contribution in [0.2, 0.25) is 0 Å². The Bertz CT molecular complexity index is 817. The van der Waals surface area contributed by atoms with E-state index in [1.54, 1.807) is 0 Å². The number of para-hydroxylation sites is 1. The molecule has 0 aliphatic carbocycles. The van der Waals surface area contributed by atoms with Gasteiger partial charge in [0.05, 0.1) is 12.1 Å². The van der Waals surface area contributed by atoms with Gasteiger partial charge in [-0.1, -0.05) is 18.2 Å². The minimum atomic E-state index is 0.634. The largest absolute Gasteiger partial charge is 0.492 e. The molecule has 0 atom stereocenters. The van der Waals surface area contributed by atoms with Gasteiger partial charge in [-0.3, -0.25) is 4.57 Å². The summed E-state index contributed by atoms with van der Waals surface area (Å²) in [7, 11) is 0. The fraction of sp³-hybridized carbons (Fsp3) is 0.188. The Balaban J connectivity index is 2.29. The van der Waals surface area contributed by atoms with Crippen LogP contribution in [0.3, 0.4) is 0 Å². The highest BCUT2D eigenvalue weighted by atomic mass is 32.1. The van der Waals surface area contributed by atoms with Gasteiger partial charge in [0.1, 0.15) is 11.3 Å². The molecule has 0 radical (unpaired) electrons. The Kier molecular flexibility index (Phi) is 3.32. The average Bonchev–Trinajstić information content (AvgIpc) is 2.76. The zero-order valence-corrected chi connectivity index (χ0v) is 12.3. The highest BCUT2D eigenvalue weighted by molar-refractivity contribution is 7.71. The van der Waals surface area contributed by atoms with Crippen molar-refractivity contribution in [3.8, 4) is 11.4 Å². The van der Waals surface area contributed by atoms with Gasteiger partial charge in [-0.15, -0.1) is 0 Å². The number of fused-ring (bicyclic) bond motifs is 1. The first-order valence-corrected chi connectivity index (χ1v) is 7.05. The third-order valence-corrected chi connectivity index (χ3v) is 3.52. The second-order valence-corrected chi connectivity index (χ2v) is 5.07. The summed E-state index contributed by atoms with van der Waals surface area (Å²) in [6.07, 6.45) is 0. The van der Waals surface area contributed by atoms with Crippen LogP contribution >= 0.6 is 12.2 Å². The molecule has 2 aromatic carbocycles.